The van der Waals surface area contributed by atoms with Crippen molar-refractivity contribution in [2.75, 3.05) is 12.4 Å². The van der Waals surface area contributed by atoms with Crippen molar-refractivity contribution in [3.63, 3.8) is 0 Å². The summed E-state index contributed by atoms with van der Waals surface area (Å²) in [6.07, 6.45) is 0. The molecule has 1 amide bonds. The largest absolute Gasteiger partial charge is 0.497 e. The van der Waals surface area contributed by atoms with Gasteiger partial charge in [0.15, 0.2) is 0 Å². The number of carbonyl (C=O) groups excluding carboxylic acids is 1. The number of aromatic nitrogens is 2. The highest BCUT2D eigenvalue weighted by molar-refractivity contribution is 6.32. The Kier molecular flexibility index (Phi) is 5.93. The van der Waals surface area contributed by atoms with E-state index in [1.54, 1.807) is 24.3 Å². The molecule has 1 N–H and O–H groups in total. The number of nitrogens with zero attached hydrogens (tertiary/aromatic N) is 2. The first-order valence-electron chi connectivity index (χ1n) is 8.49. The van der Waals surface area contributed by atoms with Gasteiger partial charge in [0.05, 0.1) is 12.1 Å². The van der Waals surface area contributed by atoms with Crippen molar-refractivity contribution >= 4 is 23.2 Å². The van der Waals surface area contributed by atoms with Crippen molar-refractivity contribution in [1.29, 1.82) is 0 Å². The number of hydrogen-bond donors (Lipinski definition) is 1. The molecule has 3 aromatic rings. The van der Waals surface area contributed by atoms with Crippen molar-refractivity contribution in [3.8, 4) is 17.0 Å². The van der Waals surface area contributed by atoms with Crippen LogP contribution in [0, 0.1) is 11.6 Å². The van der Waals surface area contributed by atoms with E-state index in [0.29, 0.717) is 17.4 Å². The predicted octanol–water partition coefficient (Wildman–Crippen LogP) is 4.05. The molecule has 0 aliphatic rings. The van der Waals surface area contributed by atoms with Crippen molar-refractivity contribution in [3.05, 3.63) is 75.5 Å². The van der Waals surface area contributed by atoms with E-state index < -0.39 is 29.1 Å². The average Bonchev–Trinajstić information content (AvgIpc) is 2.66. The van der Waals surface area contributed by atoms with Crippen LogP contribution in [0.4, 0.5) is 14.5 Å². The quantitative estimate of drug-likeness (QED) is 0.677. The van der Waals surface area contributed by atoms with Gasteiger partial charge < -0.3 is 10.1 Å². The molecule has 9 heteroatoms. The maximum atomic E-state index is 13.3. The standard InChI is InChI=1S/C20H16ClF2N3O3/c1-11(20(28)24-15-8-13(22)7-14(23)9-15)26-18(27)10-17(21)19(25-26)12-4-3-5-16(6-12)29-2/h3-11H,1-2H3,(H,24,28). The topological polar surface area (TPSA) is 73.2 Å². The van der Waals surface area contributed by atoms with Gasteiger partial charge in [0.1, 0.15) is 29.1 Å². The highest BCUT2D eigenvalue weighted by Gasteiger charge is 2.20. The molecule has 1 heterocycles. The number of carbonyl (C=O) groups is 1. The number of ether oxygens (including phenoxy) is 1. The third kappa shape index (κ3) is 4.60. The molecule has 0 radical (unpaired) electrons. The normalized spacial score (nSPS) is 11.8. The van der Waals surface area contributed by atoms with Crippen LogP contribution in [0.3, 0.4) is 0 Å². The van der Waals surface area contributed by atoms with Crippen molar-refractivity contribution in [2.45, 2.75) is 13.0 Å². The van der Waals surface area contributed by atoms with Crippen LogP contribution in [-0.4, -0.2) is 22.8 Å². The van der Waals surface area contributed by atoms with Gasteiger partial charge in [0.25, 0.3) is 5.56 Å². The van der Waals surface area contributed by atoms with Gasteiger partial charge in [-0.25, -0.2) is 13.5 Å². The Morgan fingerprint density at radius 3 is 2.52 bits per heavy atom. The van der Waals surface area contributed by atoms with Crippen molar-refractivity contribution < 1.29 is 18.3 Å². The van der Waals surface area contributed by atoms with E-state index in [0.717, 1.165) is 22.9 Å². The SMILES string of the molecule is COc1cccc(-c2nn(C(C)C(=O)Nc3cc(F)cc(F)c3)c(=O)cc2Cl)c1. The Morgan fingerprint density at radius 1 is 1.17 bits per heavy atom. The van der Waals surface area contributed by atoms with Crippen LogP contribution >= 0.6 is 11.6 Å². The molecule has 3 rings (SSSR count). The maximum Gasteiger partial charge on any atom is 0.269 e. The minimum atomic E-state index is -1.07. The molecule has 0 aliphatic carbocycles. The van der Waals surface area contributed by atoms with Crippen LogP contribution in [0.1, 0.15) is 13.0 Å². The monoisotopic (exact) mass is 419 g/mol. The third-order valence-corrected chi connectivity index (χ3v) is 4.42. The summed E-state index contributed by atoms with van der Waals surface area (Å²) in [4.78, 5) is 24.9. The number of halogens is 3. The lowest BCUT2D eigenvalue weighted by Crippen LogP contribution is -2.33. The van der Waals surface area contributed by atoms with Gasteiger partial charge >= 0.3 is 0 Å². The zero-order valence-electron chi connectivity index (χ0n) is 15.4. The minimum Gasteiger partial charge on any atom is -0.497 e. The molecule has 1 aromatic heterocycles. The van der Waals surface area contributed by atoms with Gasteiger partial charge in [0, 0.05) is 23.4 Å². The first kappa shape index (κ1) is 20.5. The highest BCUT2D eigenvalue weighted by Crippen LogP contribution is 2.27. The molecule has 150 valence electrons. The highest BCUT2D eigenvalue weighted by atomic mass is 35.5. The van der Waals surface area contributed by atoms with E-state index in [4.69, 9.17) is 16.3 Å². The van der Waals surface area contributed by atoms with Crippen LogP contribution in [0.15, 0.2) is 53.3 Å². The molecule has 0 aliphatic heterocycles. The number of anilines is 1. The van der Waals surface area contributed by atoms with E-state index in [9.17, 15) is 18.4 Å². The zero-order chi connectivity index (χ0) is 21.1. The molecule has 0 saturated carbocycles. The van der Waals surface area contributed by atoms with E-state index in [2.05, 4.69) is 10.4 Å². The lowest BCUT2D eigenvalue weighted by Gasteiger charge is -2.16. The Hall–Kier alpha value is -3.26. The Bertz CT molecular complexity index is 1110. The first-order valence-corrected chi connectivity index (χ1v) is 8.87. The van der Waals surface area contributed by atoms with Gasteiger partial charge in [-0.1, -0.05) is 23.7 Å². The molecule has 0 bridgehead atoms. The fourth-order valence-electron chi connectivity index (χ4n) is 2.67. The summed E-state index contributed by atoms with van der Waals surface area (Å²) in [5.41, 5.74) is 0.189. The van der Waals surface area contributed by atoms with Crippen LogP contribution in [0.2, 0.25) is 5.02 Å². The Balaban J connectivity index is 1.94. The van der Waals surface area contributed by atoms with Crippen LogP contribution in [0.25, 0.3) is 11.3 Å². The van der Waals surface area contributed by atoms with Crippen LogP contribution < -0.4 is 15.6 Å². The summed E-state index contributed by atoms with van der Waals surface area (Å²) in [5, 5.41) is 6.70. The second-order valence-corrected chi connectivity index (χ2v) is 6.59. The van der Waals surface area contributed by atoms with E-state index in [-0.39, 0.29) is 16.4 Å². The van der Waals surface area contributed by atoms with E-state index in [1.807, 2.05) is 0 Å². The number of nitrogens with one attached hydrogen (secondary N) is 1. The number of benzene rings is 2. The number of rotatable bonds is 5. The summed E-state index contributed by atoms with van der Waals surface area (Å²) in [6.45, 7) is 1.43. The zero-order valence-corrected chi connectivity index (χ0v) is 16.2. The second-order valence-electron chi connectivity index (χ2n) is 6.18. The van der Waals surface area contributed by atoms with Crippen LogP contribution in [0.5, 0.6) is 5.75 Å². The van der Waals surface area contributed by atoms with Crippen LogP contribution in [-0.2, 0) is 4.79 Å². The smallest absolute Gasteiger partial charge is 0.269 e. The first-order chi connectivity index (χ1) is 13.8. The fourth-order valence-corrected chi connectivity index (χ4v) is 2.92. The second kappa shape index (κ2) is 8.40. The molecule has 2 aromatic carbocycles. The Morgan fingerprint density at radius 2 is 1.86 bits per heavy atom. The summed E-state index contributed by atoms with van der Waals surface area (Å²) in [5.74, 6) is -1.79. The van der Waals surface area contributed by atoms with Gasteiger partial charge in [-0.3, -0.25) is 9.59 Å². The third-order valence-electron chi connectivity index (χ3n) is 4.13. The number of methoxy groups -OCH3 is 1. The van der Waals surface area contributed by atoms with E-state index in [1.165, 1.54) is 14.0 Å². The summed E-state index contributed by atoms with van der Waals surface area (Å²) >= 11 is 6.18. The van der Waals surface area contributed by atoms with Crippen molar-refractivity contribution in [2.24, 2.45) is 0 Å². The van der Waals surface area contributed by atoms with Gasteiger partial charge in [-0.15, -0.1) is 0 Å². The predicted molar refractivity (Wildman–Crippen MR) is 105 cm³/mol. The number of amides is 1. The fraction of sp³-hybridized carbons (Fsp3) is 0.150. The summed E-state index contributed by atoms with van der Waals surface area (Å²) in [7, 11) is 1.51. The summed E-state index contributed by atoms with van der Waals surface area (Å²) in [6, 6.07) is 9.57. The maximum absolute atomic E-state index is 13.3. The lowest BCUT2D eigenvalue weighted by atomic mass is 10.1. The average molecular weight is 420 g/mol. The van der Waals surface area contributed by atoms with Gasteiger partial charge in [-0.05, 0) is 31.2 Å². The minimum absolute atomic E-state index is 0.0746. The Labute approximate surface area is 169 Å². The molecule has 0 fully saturated rings. The molecule has 1 unspecified atom stereocenters. The molecule has 6 nitrogen and oxygen atoms in total. The van der Waals surface area contributed by atoms with Gasteiger partial charge in [0.2, 0.25) is 5.91 Å². The lowest BCUT2D eigenvalue weighted by molar-refractivity contribution is -0.119. The molecule has 1 atom stereocenters. The van der Waals surface area contributed by atoms with Crippen molar-refractivity contribution in [1.82, 2.24) is 9.78 Å². The molecule has 0 saturated heterocycles. The molecular weight excluding hydrogens is 404 g/mol. The number of hydrogen-bond acceptors (Lipinski definition) is 4. The molecular formula is C20H16ClF2N3O3. The summed E-state index contributed by atoms with van der Waals surface area (Å²) < 4.78 is 32.8. The molecule has 29 heavy (non-hydrogen) atoms. The van der Waals surface area contributed by atoms with Gasteiger partial charge in [-0.2, -0.15) is 5.10 Å². The van der Waals surface area contributed by atoms with E-state index >= 15 is 0 Å². The molecule has 0 spiro atoms.